The van der Waals surface area contributed by atoms with Crippen LogP contribution in [0.25, 0.3) is 22.3 Å². The molecule has 0 atom stereocenters. The van der Waals surface area contributed by atoms with Crippen LogP contribution in [0.4, 0.5) is 0 Å². The second-order valence-electron chi connectivity index (χ2n) is 7.31. The Labute approximate surface area is 174 Å². The zero-order valence-electron chi connectivity index (χ0n) is 16.4. The van der Waals surface area contributed by atoms with Crippen LogP contribution in [0.5, 0.6) is 0 Å². The summed E-state index contributed by atoms with van der Waals surface area (Å²) < 4.78 is 5.93. The Kier molecular flexibility index (Phi) is 4.88. The molecule has 0 aliphatic heterocycles. The minimum Gasteiger partial charge on any atom is -0.465 e. The number of fused-ring (bicyclic) bond motifs is 3. The maximum Gasteiger partial charge on any atom is 0.337 e. The fourth-order valence-corrected chi connectivity index (χ4v) is 4.94. The van der Waals surface area contributed by atoms with Crippen molar-refractivity contribution in [2.24, 2.45) is 0 Å². The first-order valence-electron chi connectivity index (χ1n) is 9.67. The number of halogens is 1. The van der Waals surface area contributed by atoms with Crippen LogP contribution in [0.2, 0.25) is 0 Å². The van der Waals surface area contributed by atoms with Gasteiger partial charge in [-0.1, -0.05) is 60.1 Å². The molecule has 3 aromatic rings. The van der Waals surface area contributed by atoms with Gasteiger partial charge < -0.3 is 4.74 Å². The third-order valence-electron chi connectivity index (χ3n) is 6.17. The molecule has 0 aromatic heterocycles. The van der Waals surface area contributed by atoms with Crippen LogP contribution < -0.4 is 0 Å². The van der Waals surface area contributed by atoms with Crippen molar-refractivity contribution >= 4 is 21.9 Å². The van der Waals surface area contributed by atoms with Crippen molar-refractivity contribution in [2.45, 2.75) is 32.1 Å². The molecule has 0 saturated heterocycles. The fourth-order valence-electron chi connectivity index (χ4n) is 4.58. The van der Waals surface area contributed by atoms with Crippen LogP contribution in [-0.4, -0.2) is 13.1 Å². The van der Waals surface area contributed by atoms with Crippen molar-refractivity contribution in [1.29, 1.82) is 0 Å². The average molecular weight is 435 g/mol. The molecule has 142 valence electrons. The van der Waals surface area contributed by atoms with Gasteiger partial charge in [-0.25, -0.2) is 4.79 Å². The lowest BCUT2D eigenvalue weighted by atomic mass is 9.73. The standard InChI is InChI=1S/C25H23BrO2/c1-4-25(5-2)22-14-18(16-6-8-17(9-7-16)24(27)28-3)10-12-20(22)21-13-11-19(26)15-23(21)25/h6-15H,4-5H2,1-3H3. The van der Waals surface area contributed by atoms with E-state index in [0.717, 1.165) is 22.9 Å². The van der Waals surface area contributed by atoms with E-state index in [2.05, 4.69) is 66.2 Å². The predicted octanol–water partition coefficient (Wildman–Crippen LogP) is 6.99. The van der Waals surface area contributed by atoms with Gasteiger partial charge in [-0.2, -0.15) is 0 Å². The Morgan fingerprint density at radius 2 is 1.43 bits per heavy atom. The van der Waals surface area contributed by atoms with Crippen molar-refractivity contribution in [3.8, 4) is 22.3 Å². The lowest BCUT2D eigenvalue weighted by Crippen LogP contribution is -2.23. The molecule has 0 heterocycles. The van der Waals surface area contributed by atoms with Crippen molar-refractivity contribution in [1.82, 2.24) is 0 Å². The first kappa shape index (κ1) is 18.9. The summed E-state index contributed by atoms with van der Waals surface area (Å²) in [6.07, 6.45) is 2.12. The summed E-state index contributed by atoms with van der Waals surface area (Å²) in [6, 6.07) is 21.0. The number of methoxy groups -OCH3 is 1. The predicted molar refractivity (Wildman–Crippen MR) is 118 cm³/mol. The topological polar surface area (TPSA) is 26.3 Å². The number of esters is 1. The Morgan fingerprint density at radius 3 is 2.04 bits per heavy atom. The molecule has 0 N–H and O–H groups in total. The van der Waals surface area contributed by atoms with Crippen LogP contribution in [0.3, 0.4) is 0 Å². The van der Waals surface area contributed by atoms with Crippen LogP contribution in [0.1, 0.15) is 48.2 Å². The van der Waals surface area contributed by atoms with Gasteiger partial charge in [0.15, 0.2) is 0 Å². The number of hydrogen-bond acceptors (Lipinski definition) is 2. The van der Waals surface area contributed by atoms with E-state index >= 15 is 0 Å². The Morgan fingerprint density at radius 1 is 0.857 bits per heavy atom. The van der Waals surface area contributed by atoms with Gasteiger partial charge in [-0.15, -0.1) is 0 Å². The van der Waals surface area contributed by atoms with E-state index in [1.807, 2.05) is 24.3 Å². The van der Waals surface area contributed by atoms with E-state index in [0.29, 0.717) is 5.56 Å². The Bertz CT molecular complexity index is 1050. The van der Waals surface area contributed by atoms with E-state index in [-0.39, 0.29) is 11.4 Å². The van der Waals surface area contributed by atoms with Gasteiger partial charge in [0.2, 0.25) is 0 Å². The van der Waals surface area contributed by atoms with Gasteiger partial charge in [0.25, 0.3) is 0 Å². The maximum absolute atomic E-state index is 11.7. The molecule has 1 aliphatic rings. The first-order chi connectivity index (χ1) is 13.5. The van der Waals surface area contributed by atoms with Gasteiger partial charge in [0.1, 0.15) is 0 Å². The molecule has 28 heavy (non-hydrogen) atoms. The number of hydrogen-bond donors (Lipinski definition) is 0. The zero-order chi connectivity index (χ0) is 19.9. The van der Waals surface area contributed by atoms with E-state index < -0.39 is 0 Å². The van der Waals surface area contributed by atoms with E-state index in [4.69, 9.17) is 4.74 Å². The third-order valence-corrected chi connectivity index (χ3v) is 6.66. The van der Waals surface area contributed by atoms with E-state index in [9.17, 15) is 4.79 Å². The summed E-state index contributed by atoms with van der Waals surface area (Å²) in [5.74, 6) is -0.308. The number of ether oxygens (including phenoxy) is 1. The van der Waals surface area contributed by atoms with Gasteiger partial charge in [-0.3, -0.25) is 0 Å². The van der Waals surface area contributed by atoms with E-state index in [1.165, 1.54) is 34.9 Å². The number of carbonyl (C=O) groups is 1. The smallest absolute Gasteiger partial charge is 0.337 e. The number of carbonyl (C=O) groups excluding carboxylic acids is 1. The molecule has 0 unspecified atom stereocenters. The minimum absolute atomic E-state index is 0.0381. The highest BCUT2D eigenvalue weighted by Crippen LogP contribution is 2.53. The van der Waals surface area contributed by atoms with Crippen LogP contribution in [0, 0.1) is 0 Å². The summed E-state index contributed by atoms with van der Waals surface area (Å²) in [5.41, 5.74) is 8.38. The van der Waals surface area contributed by atoms with Crippen LogP contribution in [0.15, 0.2) is 65.1 Å². The first-order valence-corrected chi connectivity index (χ1v) is 10.5. The van der Waals surface area contributed by atoms with Crippen LogP contribution in [-0.2, 0) is 10.2 Å². The fraction of sp³-hybridized carbons (Fsp3) is 0.240. The summed E-state index contributed by atoms with van der Waals surface area (Å²) in [5, 5.41) is 0. The minimum atomic E-state index is -0.308. The summed E-state index contributed by atoms with van der Waals surface area (Å²) in [4.78, 5) is 11.7. The van der Waals surface area contributed by atoms with Gasteiger partial charge in [-0.05, 0) is 76.6 Å². The molecular weight excluding hydrogens is 412 g/mol. The molecule has 1 aliphatic carbocycles. The Hall–Kier alpha value is -2.39. The van der Waals surface area contributed by atoms with Crippen LogP contribution >= 0.6 is 15.9 Å². The van der Waals surface area contributed by atoms with Crippen molar-refractivity contribution in [2.75, 3.05) is 7.11 Å². The summed E-state index contributed by atoms with van der Waals surface area (Å²) in [6.45, 7) is 4.56. The largest absolute Gasteiger partial charge is 0.465 e. The quantitative estimate of drug-likeness (QED) is 0.413. The molecule has 0 spiro atoms. The molecular formula is C25H23BrO2. The second kappa shape index (κ2) is 7.21. The Balaban J connectivity index is 1.84. The van der Waals surface area contributed by atoms with Crippen molar-refractivity contribution in [3.63, 3.8) is 0 Å². The van der Waals surface area contributed by atoms with Crippen molar-refractivity contribution < 1.29 is 9.53 Å². The lowest BCUT2D eigenvalue weighted by molar-refractivity contribution is 0.0601. The van der Waals surface area contributed by atoms with Crippen molar-refractivity contribution in [3.05, 3.63) is 81.8 Å². The summed E-state index contributed by atoms with van der Waals surface area (Å²) >= 11 is 3.66. The molecule has 0 radical (unpaired) electrons. The van der Waals surface area contributed by atoms with Gasteiger partial charge in [0.05, 0.1) is 12.7 Å². The monoisotopic (exact) mass is 434 g/mol. The maximum atomic E-state index is 11.7. The molecule has 0 bridgehead atoms. The summed E-state index contributed by atoms with van der Waals surface area (Å²) in [7, 11) is 1.40. The molecule has 0 saturated carbocycles. The zero-order valence-corrected chi connectivity index (χ0v) is 18.0. The lowest BCUT2D eigenvalue weighted by Gasteiger charge is -2.30. The van der Waals surface area contributed by atoms with Gasteiger partial charge in [0, 0.05) is 9.89 Å². The molecule has 0 amide bonds. The van der Waals surface area contributed by atoms with Gasteiger partial charge >= 0.3 is 5.97 Å². The average Bonchev–Trinajstić information content (AvgIpc) is 3.01. The third kappa shape index (κ3) is 2.80. The number of rotatable bonds is 4. The highest BCUT2D eigenvalue weighted by atomic mass is 79.9. The normalized spacial score (nSPS) is 13.7. The molecule has 3 heteroatoms. The highest BCUT2D eigenvalue weighted by Gasteiger charge is 2.40. The van der Waals surface area contributed by atoms with E-state index in [1.54, 1.807) is 0 Å². The second-order valence-corrected chi connectivity index (χ2v) is 8.22. The SMILES string of the molecule is CCC1(CC)c2cc(Br)ccc2-c2ccc(-c3ccc(C(=O)OC)cc3)cc21. The highest BCUT2D eigenvalue weighted by molar-refractivity contribution is 9.10. The number of benzene rings is 3. The molecule has 2 nitrogen and oxygen atoms in total. The molecule has 0 fully saturated rings. The molecule has 3 aromatic carbocycles. The molecule has 4 rings (SSSR count).